The van der Waals surface area contributed by atoms with Crippen molar-refractivity contribution in [3.05, 3.63) is 48.3 Å². The quantitative estimate of drug-likeness (QED) is 0.690. The van der Waals surface area contributed by atoms with E-state index < -0.39 is 0 Å². The molecule has 1 aromatic carbocycles. The molecule has 4 heterocycles. The van der Waals surface area contributed by atoms with Gasteiger partial charge in [0.2, 0.25) is 5.88 Å². The first-order chi connectivity index (χ1) is 13.9. The summed E-state index contributed by atoms with van der Waals surface area (Å²) in [4.78, 5) is 13.7. The Labute approximate surface area is 163 Å². The minimum absolute atomic E-state index is 0.0175. The summed E-state index contributed by atoms with van der Waals surface area (Å²) in [5, 5.41) is 0. The highest BCUT2D eigenvalue weighted by molar-refractivity contribution is 5.83. The van der Waals surface area contributed by atoms with Crippen LogP contribution in [-0.4, -0.2) is 47.5 Å². The lowest BCUT2D eigenvalue weighted by Crippen LogP contribution is -2.17. The number of hydrogen-bond donors (Lipinski definition) is 0. The molecule has 2 aliphatic rings. The number of nitrogens with zero attached hydrogens (tertiary/aromatic N) is 3. The molecule has 0 saturated carbocycles. The summed E-state index contributed by atoms with van der Waals surface area (Å²) in [5.41, 5.74) is 4.75. The number of fused-ring (bicyclic) bond motifs is 1. The monoisotopic (exact) mass is 377 g/mol. The van der Waals surface area contributed by atoms with Gasteiger partial charge in [-0.3, -0.25) is 4.98 Å². The van der Waals surface area contributed by atoms with E-state index in [9.17, 15) is 0 Å². The Morgan fingerprint density at radius 3 is 2.46 bits per heavy atom. The summed E-state index contributed by atoms with van der Waals surface area (Å²) < 4.78 is 17.0. The topological polar surface area (TPSA) is 66.4 Å². The first kappa shape index (κ1) is 17.5. The molecule has 2 aliphatic heterocycles. The van der Waals surface area contributed by atoms with Crippen molar-refractivity contribution < 1.29 is 14.2 Å². The second kappa shape index (κ2) is 7.81. The van der Waals surface area contributed by atoms with Gasteiger partial charge in [-0.15, -0.1) is 0 Å². The van der Waals surface area contributed by atoms with E-state index in [1.807, 2.05) is 6.07 Å². The lowest BCUT2D eigenvalue weighted by Gasteiger charge is -2.22. The fourth-order valence-corrected chi connectivity index (χ4v) is 3.89. The van der Waals surface area contributed by atoms with E-state index in [1.165, 1.54) is 5.56 Å². The lowest BCUT2D eigenvalue weighted by molar-refractivity contribution is 0.0853. The van der Waals surface area contributed by atoms with Crippen LogP contribution < -0.4 is 4.74 Å². The molecule has 0 radical (unpaired) electrons. The molecule has 0 amide bonds. The van der Waals surface area contributed by atoms with Gasteiger partial charge in [0.1, 0.15) is 6.10 Å². The maximum atomic E-state index is 6.12. The molecule has 0 N–H and O–H groups in total. The van der Waals surface area contributed by atoms with Gasteiger partial charge in [-0.1, -0.05) is 24.3 Å². The maximum absolute atomic E-state index is 6.12. The Hall–Kier alpha value is -2.57. The van der Waals surface area contributed by atoms with Crippen LogP contribution in [0.25, 0.3) is 22.3 Å². The van der Waals surface area contributed by atoms with E-state index in [1.54, 1.807) is 12.4 Å². The number of hydrogen-bond acceptors (Lipinski definition) is 6. The van der Waals surface area contributed by atoms with Gasteiger partial charge in [-0.05, 0) is 30.4 Å². The van der Waals surface area contributed by atoms with Crippen LogP contribution >= 0.6 is 0 Å². The van der Waals surface area contributed by atoms with Crippen LogP contribution in [0.2, 0.25) is 0 Å². The van der Waals surface area contributed by atoms with Gasteiger partial charge in [0.15, 0.2) is 5.52 Å². The molecule has 0 aliphatic carbocycles. The predicted molar refractivity (Wildman–Crippen MR) is 105 cm³/mol. The van der Waals surface area contributed by atoms with E-state index in [0.29, 0.717) is 23.9 Å². The highest BCUT2D eigenvalue weighted by atomic mass is 16.5. The molecule has 0 unspecified atom stereocenters. The zero-order chi connectivity index (χ0) is 18.8. The highest BCUT2D eigenvalue weighted by Gasteiger charge is 2.21. The van der Waals surface area contributed by atoms with Crippen LogP contribution in [0.1, 0.15) is 30.7 Å². The van der Waals surface area contributed by atoms with Crippen molar-refractivity contribution in [1.29, 1.82) is 0 Å². The molecular weight excluding hydrogens is 354 g/mol. The molecule has 0 spiro atoms. The summed E-state index contributed by atoms with van der Waals surface area (Å²) in [5.74, 6) is 1.11. The summed E-state index contributed by atoms with van der Waals surface area (Å²) in [6.45, 7) is 3.01. The van der Waals surface area contributed by atoms with Crippen LogP contribution in [0, 0.1) is 0 Å². The molecule has 3 aromatic rings. The van der Waals surface area contributed by atoms with Crippen molar-refractivity contribution in [1.82, 2.24) is 15.0 Å². The third-order valence-corrected chi connectivity index (χ3v) is 5.49. The largest absolute Gasteiger partial charge is 0.470 e. The zero-order valence-electron chi connectivity index (χ0n) is 15.7. The normalized spacial score (nSPS) is 20.5. The molecule has 6 heteroatoms. The molecule has 1 atom stereocenters. The Kier molecular flexibility index (Phi) is 4.89. The molecule has 6 nitrogen and oxygen atoms in total. The fraction of sp³-hybridized carbons (Fsp3) is 0.409. The molecular formula is C22H23N3O3. The SMILES string of the molecule is c1cnc2c(O[C@@H]3CCOC3)nc(-c3ccc(C4CCOCC4)cc3)cc2n1. The highest BCUT2D eigenvalue weighted by Crippen LogP contribution is 2.31. The number of ether oxygens (including phenoxy) is 3. The molecule has 144 valence electrons. The van der Waals surface area contributed by atoms with Gasteiger partial charge < -0.3 is 14.2 Å². The molecule has 28 heavy (non-hydrogen) atoms. The van der Waals surface area contributed by atoms with Gasteiger partial charge in [-0.2, -0.15) is 0 Å². The van der Waals surface area contributed by atoms with Crippen molar-refractivity contribution in [3.8, 4) is 17.1 Å². The predicted octanol–water partition coefficient (Wildman–Crippen LogP) is 3.75. The van der Waals surface area contributed by atoms with Crippen LogP contribution in [0.5, 0.6) is 5.88 Å². The molecule has 5 rings (SSSR count). The van der Waals surface area contributed by atoms with E-state index in [2.05, 4.69) is 34.2 Å². The van der Waals surface area contributed by atoms with E-state index >= 15 is 0 Å². The van der Waals surface area contributed by atoms with Crippen molar-refractivity contribution in [3.63, 3.8) is 0 Å². The number of rotatable bonds is 4. The van der Waals surface area contributed by atoms with Crippen molar-refractivity contribution in [2.75, 3.05) is 26.4 Å². The van der Waals surface area contributed by atoms with E-state index in [0.717, 1.165) is 55.9 Å². The third-order valence-electron chi connectivity index (χ3n) is 5.49. The lowest BCUT2D eigenvalue weighted by atomic mass is 9.91. The average molecular weight is 377 g/mol. The summed E-state index contributed by atoms with van der Waals surface area (Å²) in [7, 11) is 0. The van der Waals surface area contributed by atoms with Crippen LogP contribution in [0.15, 0.2) is 42.7 Å². The first-order valence-electron chi connectivity index (χ1n) is 9.91. The Morgan fingerprint density at radius 2 is 1.68 bits per heavy atom. The number of pyridine rings is 1. The van der Waals surface area contributed by atoms with Gasteiger partial charge >= 0.3 is 0 Å². The minimum Gasteiger partial charge on any atom is -0.470 e. The Morgan fingerprint density at radius 1 is 0.893 bits per heavy atom. The third kappa shape index (κ3) is 3.57. The molecule has 2 saturated heterocycles. The Balaban J connectivity index is 1.47. The van der Waals surface area contributed by atoms with Crippen molar-refractivity contribution in [2.24, 2.45) is 0 Å². The van der Waals surface area contributed by atoms with Crippen LogP contribution in [-0.2, 0) is 9.47 Å². The first-order valence-corrected chi connectivity index (χ1v) is 9.91. The minimum atomic E-state index is 0.0175. The Bertz CT molecular complexity index is 949. The van der Waals surface area contributed by atoms with Crippen LogP contribution in [0.3, 0.4) is 0 Å². The number of benzene rings is 1. The molecule has 2 fully saturated rings. The molecule has 0 bridgehead atoms. The second-order valence-electron chi connectivity index (χ2n) is 7.35. The second-order valence-corrected chi connectivity index (χ2v) is 7.35. The van der Waals surface area contributed by atoms with Crippen molar-refractivity contribution in [2.45, 2.75) is 31.3 Å². The van der Waals surface area contributed by atoms with Gasteiger partial charge in [0.05, 0.1) is 24.4 Å². The van der Waals surface area contributed by atoms with Gasteiger partial charge in [-0.25, -0.2) is 9.97 Å². The standard InChI is InChI=1S/C22H23N3O3/c1-3-17(4-2-15(1)16-5-10-26-11-6-16)19-13-20-21(24-9-8-23-20)22(25-19)28-18-7-12-27-14-18/h1-4,8-9,13,16,18H,5-7,10-12,14H2/t18-/m1/s1. The van der Waals surface area contributed by atoms with E-state index in [4.69, 9.17) is 19.2 Å². The summed E-state index contributed by atoms with van der Waals surface area (Å²) >= 11 is 0. The van der Waals surface area contributed by atoms with Crippen LogP contribution in [0.4, 0.5) is 0 Å². The summed E-state index contributed by atoms with van der Waals surface area (Å²) in [6, 6.07) is 10.7. The molecule has 2 aromatic heterocycles. The van der Waals surface area contributed by atoms with Crippen molar-refractivity contribution >= 4 is 11.0 Å². The number of aromatic nitrogens is 3. The summed E-state index contributed by atoms with van der Waals surface area (Å²) in [6.07, 6.45) is 6.43. The fourth-order valence-electron chi connectivity index (χ4n) is 3.89. The smallest absolute Gasteiger partial charge is 0.243 e. The zero-order valence-corrected chi connectivity index (χ0v) is 15.7. The maximum Gasteiger partial charge on any atom is 0.243 e. The van der Waals surface area contributed by atoms with Gasteiger partial charge in [0, 0.05) is 37.6 Å². The van der Waals surface area contributed by atoms with Gasteiger partial charge in [0.25, 0.3) is 0 Å². The average Bonchev–Trinajstić information content (AvgIpc) is 3.27. The van der Waals surface area contributed by atoms with E-state index in [-0.39, 0.29) is 6.10 Å².